The van der Waals surface area contributed by atoms with Crippen LogP contribution < -0.4 is 15.2 Å². The number of hydrogen-bond donors (Lipinski definition) is 2. The Balaban J connectivity index is 2.91. The zero-order valence-corrected chi connectivity index (χ0v) is 12.1. The van der Waals surface area contributed by atoms with Crippen molar-refractivity contribution in [1.82, 2.24) is 4.72 Å². The van der Waals surface area contributed by atoms with E-state index in [0.29, 0.717) is 17.9 Å². The van der Waals surface area contributed by atoms with Crippen molar-refractivity contribution < 1.29 is 21.9 Å². The van der Waals surface area contributed by atoms with E-state index in [1.165, 1.54) is 18.2 Å². The Hall–Kier alpha value is -1.25. The van der Waals surface area contributed by atoms with Crippen LogP contribution in [0.5, 0.6) is 5.75 Å². The van der Waals surface area contributed by atoms with Crippen LogP contribution in [0.1, 0.15) is 12.5 Å². The summed E-state index contributed by atoms with van der Waals surface area (Å²) < 4.78 is 56.9. The molecular weight excluding hydrogens is 290 g/mol. The van der Waals surface area contributed by atoms with E-state index >= 15 is 0 Å². The fourth-order valence-corrected chi connectivity index (χ4v) is 2.61. The maximum atomic E-state index is 13.0. The quantitative estimate of drug-likeness (QED) is 0.795. The van der Waals surface area contributed by atoms with Gasteiger partial charge >= 0.3 is 0 Å². The highest BCUT2D eigenvalue weighted by atomic mass is 32.2. The number of ether oxygens (including phenoxy) is 1. The molecular formula is C12H18F2N2O3S. The van der Waals surface area contributed by atoms with E-state index in [-0.39, 0.29) is 4.90 Å². The molecule has 0 atom stereocenters. The van der Waals surface area contributed by atoms with Crippen molar-refractivity contribution in [2.24, 2.45) is 5.73 Å². The summed E-state index contributed by atoms with van der Waals surface area (Å²) in [5.74, 6) is -2.72. The summed E-state index contributed by atoms with van der Waals surface area (Å²) in [5.41, 5.74) is 5.46. The molecule has 1 aromatic rings. The van der Waals surface area contributed by atoms with Gasteiger partial charge in [-0.05, 0) is 37.6 Å². The highest BCUT2D eigenvalue weighted by molar-refractivity contribution is 7.89. The lowest BCUT2D eigenvalue weighted by molar-refractivity contribution is 0.0170. The van der Waals surface area contributed by atoms with Gasteiger partial charge in [0.15, 0.2) is 0 Å². The van der Waals surface area contributed by atoms with Crippen molar-refractivity contribution in [3.05, 3.63) is 23.8 Å². The second-order valence-corrected chi connectivity index (χ2v) is 6.01. The molecule has 0 aliphatic heterocycles. The molecule has 0 saturated carbocycles. The van der Waals surface area contributed by atoms with Crippen LogP contribution in [0.4, 0.5) is 8.78 Å². The zero-order chi connectivity index (χ0) is 15.4. The average Bonchev–Trinajstić information content (AvgIpc) is 2.39. The summed E-state index contributed by atoms with van der Waals surface area (Å²) >= 11 is 0. The second kappa shape index (κ2) is 6.47. The number of aryl methyl sites for hydroxylation is 1. The minimum Gasteiger partial charge on any atom is -0.494 e. The molecule has 3 N–H and O–H groups in total. The standard InChI is InChI=1S/C12H18F2N2O3S/c1-3-19-11-5-4-10(6-9(11)2)20(17,18)16-8-12(13,14)7-15/h4-6,16H,3,7-8,15H2,1-2H3. The highest BCUT2D eigenvalue weighted by Gasteiger charge is 2.29. The van der Waals surface area contributed by atoms with Crippen molar-refractivity contribution in [2.45, 2.75) is 24.7 Å². The van der Waals surface area contributed by atoms with E-state index in [1.54, 1.807) is 13.8 Å². The van der Waals surface area contributed by atoms with E-state index in [4.69, 9.17) is 10.5 Å². The molecule has 114 valence electrons. The molecule has 1 rings (SSSR count). The van der Waals surface area contributed by atoms with E-state index in [9.17, 15) is 17.2 Å². The van der Waals surface area contributed by atoms with Gasteiger partial charge in [-0.3, -0.25) is 0 Å². The number of benzene rings is 1. The van der Waals surface area contributed by atoms with E-state index in [2.05, 4.69) is 0 Å². The van der Waals surface area contributed by atoms with Crippen LogP contribution in [-0.2, 0) is 10.0 Å². The SMILES string of the molecule is CCOc1ccc(S(=O)(=O)NCC(F)(F)CN)cc1C. The molecule has 0 aromatic heterocycles. The van der Waals surface area contributed by atoms with Crippen LogP contribution in [0.15, 0.2) is 23.1 Å². The van der Waals surface area contributed by atoms with Crippen molar-refractivity contribution in [3.8, 4) is 5.75 Å². The van der Waals surface area contributed by atoms with E-state index in [0.717, 1.165) is 0 Å². The Morgan fingerprint density at radius 2 is 2.05 bits per heavy atom. The van der Waals surface area contributed by atoms with Gasteiger partial charge in [0.05, 0.1) is 24.6 Å². The number of hydrogen-bond acceptors (Lipinski definition) is 4. The van der Waals surface area contributed by atoms with Gasteiger partial charge in [0.1, 0.15) is 5.75 Å². The van der Waals surface area contributed by atoms with E-state index < -0.39 is 29.0 Å². The van der Waals surface area contributed by atoms with Crippen LogP contribution in [0, 0.1) is 6.92 Å². The Kier molecular flexibility index (Phi) is 5.43. The summed E-state index contributed by atoms with van der Waals surface area (Å²) in [5, 5.41) is 0. The lowest BCUT2D eigenvalue weighted by Gasteiger charge is -2.15. The first-order valence-corrected chi connectivity index (χ1v) is 7.51. The number of nitrogens with two attached hydrogens (primary N) is 1. The minimum absolute atomic E-state index is 0.0914. The zero-order valence-electron chi connectivity index (χ0n) is 11.3. The average molecular weight is 308 g/mol. The molecule has 0 unspecified atom stereocenters. The van der Waals surface area contributed by atoms with Crippen molar-refractivity contribution in [2.75, 3.05) is 19.7 Å². The van der Waals surface area contributed by atoms with Crippen molar-refractivity contribution in [3.63, 3.8) is 0 Å². The van der Waals surface area contributed by atoms with Crippen LogP contribution in [-0.4, -0.2) is 34.0 Å². The molecule has 0 bridgehead atoms. The van der Waals surface area contributed by atoms with E-state index in [1.807, 2.05) is 4.72 Å². The first-order valence-electron chi connectivity index (χ1n) is 6.03. The summed E-state index contributed by atoms with van der Waals surface area (Å²) in [7, 11) is -4.00. The van der Waals surface area contributed by atoms with Crippen LogP contribution in [0.3, 0.4) is 0 Å². The molecule has 5 nitrogen and oxygen atoms in total. The molecule has 8 heteroatoms. The molecule has 0 radical (unpaired) electrons. The summed E-state index contributed by atoms with van der Waals surface area (Å²) in [6, 6.07) is 4.17. The molecule has 0 aliphatic rings. The number of halogens is 2. The summed E-state index contributed by atoms with van der Waals surface area (Å²) in [4.78, 5) is -0.0914. The van der Waals surface area contributed by atoms with Gasteiger partial charge in [-0.25, -0.2) is 21.9 Å². The minimum atomic E-state index is -4.00. The lowest BCUT2D eigenvalue weighted by atomic mass is 10.2. The number of alkyl halides is 2. The second-order valence-electron chi connectivity index (χ2n) is 4.24. The van der Waals surface area contributed by atoms with Gasteiger partial charge < -0.3 is 10.5 Å². The first kappa shape index (κ1) is 16.8. The molecule has 0 aliphatic carbocycles. The molecule has 0 spiro atoms. The molecule has 1 aromatic carbocycles. The molecule has 0 amide bonds. The third-order valence-electron chi connectivity index (χ3n) is 2.58. The third kappa shape index (κ3) is 4.39. The topological polar surface area (TPSA) is 81.4 Å². The molecule has 0 saturated heterocycles. The largest absolute Gasteiger partial charge is 0.494 e. The van der Waals surface area contributed by atoms with Crippen LogP contribution in [0.2, 0.25) is 0 Å². The van der Waals surface area contributed by atoms with Gasteiger partial charge in [0.25, 0.3) is 5.92 Å². The van der Waals surface area contributed by atoms with Gasteiger partial charge in [-0.2, -0.15) is 0 Å². The Morgan fingerprint density at radius 3 is 2.55 bits per heavy atom. The molecule has 0 heterocycles. The predicted molar refractivity (Wildman–Crippen MR) is 71.5 cm³/mol. The number of nitrogens with one attached hydrogen (secondary N) is 1. The molecule has 0 fully saturated rings. The highest BCUT2D eigenvalue weighted by Crippen LogP contribution is 2.22. The fraction of sp³-hybridized carbons (Fsp3) is 0.500. The van der Waals surface area contributed by atoms with Crippen LogP contribution >= 0.6 is 0 Å². The number of rotatable bonds is 7. The third-order valence-corrected chi connectivity index (χ3v) is 3.97. The van der Waals surface area contributed by atoms with Crippen molar-refractivity contribution >= 4 is 10.0 Å². The van der Waals surface area contributed by atoms with Gasteiger partial charge in [-0.1, -0.05) is 0 Å². The normalized spacial score (nSPS) is 12.4. The molecule has 20 heavy (non-hydrogen) atoms. The monoisotopic (exact) mass is 308 g/mol. The number of sulfonamides is 1. The smallest absolute Gasteiger partial charge is 0.273 e. The predicted octanol–water partition coefficient (Wildman–Crippen LogP) is 1.27. The maximum Gasteiger partial charge on any atom is 0.273 e. The van der Waals surface area contributed by atoms with Gasteiger partial charge in [0, 0.05) is 0 Å². The summed E-state index contributed by atoms with van der Waals surface area (Å²) in [6.45, 7) is 1.99. The van der Waals surface area contributed by atoms with Gasteiger partial charge in [-0.15, -0.1) is 0 Å². The maximum absolute atomic E-state index is 13.0. The fourth-order valence-electron chi connectivity index (χ4n) is 1.46. The van der Waals surface area contributed by atoms with Crippen LogP contribution in [0.25, 0.3) is 0 Å². The lowest BCUT2D eigenvalue weighted by Crippen LogP contribution is -2.41. The van der Waals surface area contributed by atoms with Gasteiger partial charge in [0.2, 0.25) is 10.0 Å². The Morgan fingerprint density at radius 1 is 1.40 bits per heavy atom. The first-order chi connectivity index (χ1) is 9.22. The van der Waals surface area contributed by atoms with Crippen molar-refractivity contribution in [1.29, 1.82) is 0 Å². The Bertz CT molecular complexity index is 562. The summed E-state index contributed by atoms with van der Waals surface area (Å²) in [6.07, 6.45) is 0. The Labute approximate surface area is 117 Å².